The molecule has 8 N–H and O–H groups in total. The number of benzene rings is 4. The summed E-state index contributed by atoms with van der Waals surface area (Å²) >= 11 is 0. The molecule has 0 aliphatic heterocycles. The molecule has 84 heavy (non-hydrogen) atoms. The minimum Gasteiger partial charge on any atom is -0.481 e. The number of carbonyl (C=O) groups is 4. The number of aliphatic hydroxyl groups excluding tert-OH is 4. The predicted octanol–water partition coefficient (Wildman–Crippen LogP) is -0.787. The zero-order valence-corrected chi connectivity index (χ0v) is 49.6. The van der Waals surface area contributed by atoms with E-state index in [0.717, 1.165) is 48.5 Å². The first kappa shape index (κ1) is 68.2. The first-order chi connectivity index (χ1) is 39.9. The molecule has 0 aromatic heterocycles. The highest BCUT2D eigenvalue weighted by atomic mass is 32.2. The minimum absolute atomic E-state index is 0.120. The van der Waals surface area contributed by atoms with Gasteiger partial charge in [-0.05, 0) is 76.2 Å². The summed E-state index contributed by atoms with van der Waals surface area (Å²) in [4.78, 5) is 50.6. The lowest BCUT2D eigenvalue weighted by atomic mass is 9.91. The number of esters is 4. The second kappa shape index (κ2) is 31.5. The van der Waals surface area contributed by atoms with Crippen molar-refractivity contribution in [2.75, 3.05) is 105 Å². The molecular weight excluding hydrogens is 1190 g/mol. The van der Waals surface area contributed by atoms with Crippen LogP contribution in [0.3, 0.4) is 0 Å². The maximum atomic E-state index is 14.3. The van der Waals surface area contributed by atoms with Crippen molar-refractivity contribution in [2.24, 2.45) is 0 Å². The fraction of sp³-hybridized carbons (Fsp3) is 0.462. The molecule has 28 nitrogen and oxygen atoms in total. The van der Waals surface area contributed by atoms with E-state index in [1.165, 1.54) is 27.7 Å². The number of aliphatic hydroxyl groups is 4. The summed E-state index contributed by atoms with van der Waals surface area (Å²) in [7, 11) is -18.7. The Balaban J connectivity index is 2.15. The second-order valence-electron chi connectivity index (χ2n) is 17.8. The van der Waals surface area contributed by atoms with Gasteiger partial charge in [0.1, 0.15) is 23.0 Å². The van der Waals surface area contributed by atoms with Crippen LogP contribution in [0.1, 0.15) is 72.2 Å². The summed E-state index contributed by atoms with van der Waals surface area (Å²) in [6.07, 6.45) is -2.62. The van der Waals surface area contributed by atoms with Gasteiger partial charge in [0.25, 0.3) is 0 Å². The Hall–Kier alpha value is -6.56. The Morgan fingerprint density at radius 1 is 0.345 bits per heavy atom. The predicted molar refractivity (Wildman–Crippen MR) is 295 cm³/mol. The fourth-order valence-corrected chi connectivity index (χ4v) is 13.0. The summed E-state index contributed by atoms with van der Waals surface area (Å²) in [5.74, 6) is -4.90. The summed E-state index contributed by atoms with van der Waals surface area (Å²) in [5, 5.41) is 39.0. The Morgan fingerprint density at radius 3 is 0.655 bits per heavy atom. The van der Waals surface area contributed by atoms with Crippen LogP contribution in [0.5, 0.6) is 23.0 Å². The molecule has 4 aromatic carbocycles. The van der Waals surface area contributed by atoms with Crippen molar-refractivity contribution in [1.82, 2.24) is 18.9 Å². The van der Waals surface area contributed by atoms with Crippen LogP contribution in [0.25, 0.3) is 0 Å². The van der Waals surface area contributed by atoms with Gasteiger partial charge in [0.05, 0.1) is 72.4 Å². The highest BCUT2D eigenvalue weighted by molar-refractivity contribution is 7.90. The van der Waals surface area contributed by atoms with E-state index in [-0.39, 0.29) is 93.9 Å². The maximum absolute atomic E-state index is 14.3. The van der Waals surface area contributed by atoms with E-state index in [9.17, 15) is 73.3 Å². The molecule has 0 radical (unpaired) electrons. The molecular formula is C52H68N4O24S4. The summed E-state index contributed by atoms with van der Waals surface area (Å²) in [5.41, 5.74) is -1.41. The minimum atomic E-state index is -4.68. The number of ether oxygens (including phenoxy) is 8. The molecule has 32 heteroatoms. The molecule has 0 saturated heterocycles. The van der Waals surface area contributed by atoms with Crippen LogP contribution in [0.15, 0.2) is 68.1 Å². The van der Waals surface area contributed by atoms with Crippen LogP contribution in [0.4, 0.5) is 0 Å². The highest BCUT2D eigenvalue weighted by Gasteiger charge is 2.31. The van der Waals surface area contributed by atoms with Gasteiger partial charge in [0.15, 0.2) is 26.4 Å². The lowest BCUT2D eigenvalue weighted by Crippen LogP contribution is -2.28. The molecule has 0 unspecified atom stereocenters. The average Bonchev–Trinajstić information content (AvgIpc) is 2.99. The third-order valence-corrected chi connectivity index (χ3v) is 17.6. The molecule has 1 aliphatic carbocycles. The number of fused-ring (bicyclic) bond motifs is 8. The van der Waals surface area contributed by atoms with Gasteiger partial charge in [-0.25, -0.2) is 71.7 Å². The average molecular weight is 1260 g/mol. The monoisotopic (exact) mass is 1260 g/mol. The smallest absolute Gasteiger partial charge is 0.344 e. The van der Waals surface area contributed by atoms with Gasteiger partial charge in [0.2, 0.25) is 40.1 Å². The van der Waals surface area contributed by atoms with Crippen LogP contribution in [-0.2, 0) is 104 Å². The van der Waals surface area contributed by atoms with Gasteiger partial charge >= 0.3 is 23.9 Å². The van der Waals surface area contributed by atoms with Crippen LogP contribution >= 0.6 is 0 Å². The van der Waals surface area contributed by atoms with Crippen LogP contribution in [-0.4, -0.2) is 183 Å². The van der Waals surface area contributed by atoms with E-state index < -0.39 is 188 Å². The van der Waals surface area contributed by atoms with Gasteiger partial charge in [-0.3, -0.25) is 0 Å². The summed E-state index contributed by atoms with van der Waals surface area (Å²) in [6, 6.07) is 8.65. The van der Waals surface area contributed by atoms with Crippen LogP contribution < -0.4 is 37.8 Å². The van der Waals surface area contributed by atoms with Crippen molar-refractivity contribution >= 4 is 64.0 Å². The molecule has 0 saturated carbocycles. The van der Waals surface area contributed by atoms with Crippen molar-refractivity contribution in [2.45, 2.75) is 73.0 Å². The SMILES string of the molecule is CCOC(=O)COc1c2cc(S(=O)(=O)NCCO)cc1Cc1cc(S(=O)(=O)NCCO)cc(c1OCC(=O)OCC)Cc1cc(S(=O)(=O)NCCO)cc(c1OCC(=O)OCC)Cc1cc(S(=O)(=O)NCCO)cc(c1OCC(=O)OCC)C2. The van der Waals surface area contributed by atoms with E-state index in [0.29, 0.717) is 0 Å². The molecule has 8 bridgehead atoms. The maximum Gasteiger partial charge on any atom is 0.344 e. The normalized spacial score (nSPS) is 12.7. The van der Waals surface area contributed by atoms with E-state index >= 15 is 0 Å². The molecule has 464 valence electrons. The van der Waals surface area contributed by atoms with Crippen molar-refractivity contribution in [3.8, 4) is 23.0 Å². The fourth-order valence-electron chi connectivity index (χ4n) is 8.51. The van der Waals surface area contributed by atoms with E-state index in [1.807, 2.05) is 0 Å². The zero-order chi connectivity index (χ0) is 61.8. The van der Waals surface area contributed by atoms with Gasteiger partial charge in [-0.1, -0.05) is 0 Å². The summed E-state index contributed by atoms with van der Waals surface area (Å²) < 4.78 is 169. The molecule has 0 amide bonds. The topological polar surface area (TPSA) is 408 Å². The van der Waals surface area contributed by atoms with Gasteiger partial charge in [0, 0.05) is 96.4 Å². The van der Waals surface area contributed by atoms with Gasteiger partial charge in [-0.15, -0.1) is 0 Å². The number of nitrogens with one attached hydrogen (secondary N) is 4. The largest absolute Gasteiger partial charge is 0.481 e. The zero-order valence-electron chi connectivity index (χ0n) is 46.3. The molecule has 0 spiro atoms. The number of carbonyl (C=O) groups excluding carboxylic acids is 4. The van der Waals surface area contributed by atoms with E-state index in [1.54, 1.807) is 0 Å². The van der Waals surface area contributed by atoms with Crippen LogP contribution in [0, 0.1) is 0 Å². The van der Waals surface area contributed by atoms with Gasteiger partial charge in [-0.2, -0.15) is 0 Å². The first-order valence-electron chi connectivity index (χ1n) is 26.1. The highest BCUT2D eigenvalue weighted by Crippen LogP contribution is 2.42. The van der Waals surface area contributed by atoms with E-state index in [4.69, 9.17) is 37.9 Å². The first-order valence-corrected chi connectivity index (χ1v) is 32.0. The third-order valence-electron chi connectivity index (χ3n) is 11.8. The number of hydrogen-bond acceptors (Lipinski definition) is 24. The number of rotatable bonds is 32. The molecule has 5 rings (SSSR count). The Morgan fingerprint density at radius 2 is 0.512 bits per heavy atom. The Kier molecular flexibility index (Phi) is 25.6. The molecule has 0 fully saturated rings. The third kappa shape index (κ3) is 18.7. The Bertz CT molecular complexity index is 2920. The summed E-state index contributed by atoms with van der Waals surface area (Å²) in [6.45, 7) is -2.59. The van der Waals surface area contributed by atoms with Crippen molar-refractivity contribution < 1.29 is 111 Å². The van der Waals surface area contributed by atoms with Gasteiger partial charge < -0.3 is 58.3 Å². The lowest BCUT2D eigenvalue weighted by Gasteiger charge is -2.24. The molecule has 0 atom stereocenters. The molecule has 4 aromatic rings. The second-order valence-corrected chi connectivity index (χ2v) is 24.9. The molecule has 0 heterocycles. The molecule has 1 aliphatic rings. The quantitative estimate of drug-likeness (QED) is 0.0193. The number of sulfonamides is 4. The Labute approximate surface area is 486 Å². The van der Waals surface area contributed by atoms with E-state index in [2.05, 4.69) is 18.9 Å². The van der Waals surface area contributed by atoms with Crippen molar-refractivity contribution in [3.63, 3.8) is 0 Å². The number of hydrogen-bond donors (Lipinski definition) is 8. The van der Waals surface area contributed by atoms with Crippen molar-refractivity contribution in [1.29, 1.82) is 0 Å². The van der Waals surface area contributed by atoms with Crippen LogP contribution in [0.2, 0.25) is 0 Å². The lowest BCUT2D eigenvalue weighted by molar-refractivity contribution is -0.146. The standard InChI is InChI=1S/C52H68N4O24S4/c1-5-73-45(61)29-77-49-33-17-35-23-42(82(67,68)54-10-14-58)25-37(50(35)78-30-46(62)74-6-2)19-39-27-44(84(71,72)56-12-16-60)28-40(52(39)80-32-48(64)76-8-4)20-38-26-43(83(69,70)55-11-15-59)24-36(51(38)79-31-47(63)75-7-3)18-34(49)22-41(21-33)81(65,66)53-9-13-57/h21-28,53-60H,5-20,29-32H2,1-4H3. The van der Waals surface area contributed by atoms with Crippen molar-refractivity contribution in [3.05, 3.63) is 93.0 Å².